The Hall–Kier alpha value is -3.84. The van der Waals surface area contributed by atoms with Crippen LogP contribution in [0.2, 0.25) is 5.02 Å². The van der Waals surface area contributed by atoms with E-state index in [1.54, 1.807) is 41.5 Å². The van der Waals surface area contributed by atoms with Gasteiger partial charge in [-0.3, -0.25) is 0 Å². The van der Waals surface area contributed by atoms with Crippen LogP contribution in [0.5, 0.6) is 0 Å². The second-order valence-corrected chi connectivity index (χ2v) is 7.38. The lowest BCUT2D eigenvalue weighted by Gasteiger charge is -2.25. The quantitative estimate of drug-likeness (QED) is 0.520. The monoisotopic (exact) mass is 450 g/mol. The zero-order chi connectivity index (χ0) is 22.8. The van der Waals surface area contributed by atoms with Crippen LogP contribution in [0.1, 0.15) is 5.56 Å². The van der Waals surface area contributed by atoms with Crippen LogP contribution in [0, 0.1) is 6.92 Å². The van der Waals surface area contributed by atoms with Crippen molar-refractivity contribution >= 4 is 40.3 Å². The molecule has 0 aliphatic carbocycles. The summed E-state index contributed by atoms with van der Waals surface area (Å²) in [6, 6.07) is 10.8. The summed E-state index contributed by atoms with van der Waals surface area (Å²) >= 11 is 6.06. The number of oxazole rings is 1. The third-order valence-corrected chi connectivity index (χ3v) is 5.19. The predicted molar refractivity (Wildman–Crippen MR) is 121 cm³/mol. The van der Waals surface area contributed by atoms with Crippen molar-refractivity contribution in [2.45, 2.75) is 6.92 Å². The molecule has 0 fully saturated rings. The molecule has 0 spiro atoms. The Morgan fingerprint density at radius 2 is 1.81 bits per heavy atom. The molecule has 3 aromatic rings. The fourth-order valence-corrected chi connectivity index (χ4v) is 3.54. The van der Waals surface area contributed by atoms with E-state index < -0.39 is 11.9 Å². The van der Waals surface area contributed by atoms with Crippen molar-refractivity contribution in [3.05, 3.63) is 82.7 Å². The minimum Gasteiger partial charge on any atom is -0.465 e. The molecule has 0 bridgehead atoms. The molecule has 0 unspecified atom stereocenters. The van der Waals surface area contributed by atoms with E-state index in [1.807, 2.05) is 25.1 Å². The molecule has 2 aromatic carbocycles. The third kappa shape index (κ3) is 3.90. The summed E-state index contributed by atoms with van der Waals surface area (Å²) < 4.78 is 15.7. The standard InChI is InChI=1S/C24H19ClN2O5/c1-14-7-8-15(22-26-18-13-16(25)9-10-20(18)32-22)12-19(14)27-11-5-4-6-17(23(28)30-2)21(27)24(29)31-3/h4-13H,1-3H3. The van der Waals surface area contributed by atoms with Crippen molar-refractivity contribution in [3.8, 4) is 11.5 Å². The summed E-state index contributed by atoms with van der Waals surface area (Å²) in [6.07, 6.45) is 6.56. The number of fused-ring (bicyclic) bond motifs is 1. The lowest BCUT2D eigenvalue weighted by atomic mass is 10.1. The van der Waals surface area contributed by atoms with Gasteiger partial charge in [0, 0.05) is 22.5 Å². The van der Waals surface area contributed by atoms with Gasteiger partial charge in [-0.1, -0.05) is 23.7 Å². The van der Waals surface area contributed by atoms with E-state index in [-0.39, 0.29) is 11.3 Å². The van der Waals surface area contributed by atoms with Crippen LogP contribution < -0.4 is 4.90 Å². The van der Waals surface area contributed by atoms with Gasteiger partial charge >= 0.3 is 11.9 Å². The first-order valence-corrected chi connectivity index (χ1v) is 10.0. The first-order valence-electron chi connectivity index (χ1n) is 9.65. The first-order chi connectivity index (χ1) is 15.4. The normalized spacial score (nSPS) is 13.4. The first kappa shape index (κ1) is 21.4. The molecule has 4 rings (SSSR count). The van der Waals surface area contributed by atoms with Gasteiger partial charge in [-0.15, -0.1) is 0 Å². The average Bonchev–Trinajstić information content (AvgIpc) is 3.09. The lowest BCUT2D eigenvalue weighted by Crippen LogP contribution is -2.27. The number of hydrogen-bond acceptors (Lipinski definition) is 7. The molecule has 7 nitrogen and oxygen atoms in total. The number of aromatic nitrogens is 1. The van der Waals surface area contributed by atoms with Crippen LogP contribution in [-0.4, -0.2) is 31.1 Å². The van der Waals surface area contributed by atoms with Gasteiger partial charge in [0.25, 0.3) is 0 Å². The van der Waals surface area contributed by atoms with Crippen LogP contribution in [0.25, 0.3) is 22.6 Å². The molecule has 1 aliphatic rings. The van der Waals surface area contributed by atoms with E-state index in [9.17, 15) is 9.59 Å². The van der Waals surface area contributed by atoms with E-state index in [0.29, 0.717) is 33.3 Å². The molecular formula is C24H19ClN2O5. The fraction of sp³-hybridized carbons (Fsp3) is 0.125. The number of aryl methyl sites for hydroxylation is 1. The predicted octanol–water partition coefficient (Wildman–Crippen LogP) is 4.95. The van der Waals surface area contributed by atoms with Crippen molar-refractivity contribution < 1.29 is 23.5 Å². The fourth-order valence-electron chi connectivity index (χ4n) is 3.38. The summed E-state index contributed by atoms with van der Waals surface area (Å²) in [5.74, 6) is -0.930. The largest absolute Gasteiger partial charge is 0.465 e. The zero-order valence-electron chi connectivity index (χ0n) is 17.6. The second-order valence-electron chi connectivity index (χ2n) is 6.95. The summed E-state index contributed by atoms with van der Waals surface area (Å²) in [7, 11) is 2.51. The number of rotatable bonds is 4. The van der Waals surface area contributed by atoms with Crippen LogP contribution in [0.4, 0.5) is 5.69 Å². The molecule has 0 saturated heterocycles. The molecule has 32 heavy (non-hydrogen) atoms. The highest BCUT2D eigenvalue weighted by atomic mass is 35.5. The Morgan fingerprint density at radius 3 is 2.56 bits per heavy atom. The van der Waals surface area contributed by atoms with Gasteiger partial charge in [0.05, 0.1) is 19.8 Å². The molecule has 0 N–H and O–H groups in total. The van der Waals surface area contributed by atoms with Gasteiger partial charge in [-0.2, -0.15) is 0 Å². The van der Waals surface area contributed by atoms with Crippen LogP contribution in [0.3, 0.4) is 0 Å². The summed E-state index contributed by atoms with van der Waals surface area (Å²) in [6.45, 7) is 1.89. The molecule has 1 aromatic heterocycles. The SMILES string of the molecule is COC(=O)C1=C(C(=O)OC)N(c2cc(-c3nc4cc(Cl)ccc4o3)ccc2C)C=CC=C1. The van der Waals surface area contributed by atoms with Gasteiger partial charge in [0.2, 0.25) is 5.89 Å². The van der Waals surface area contributed by atoms with Gasteiger partial charge in [-0.25, -0.2) is 14.6 Å². The van der Waals surface area contributed by atoms with E-state index in [1.165, 1.54) is 20.3 Å². The molecular weight excluding hydrogens is 432 g/mol. The van der Waals surface area contributed by atoms with Gasteiger partial charge < -0.3 is 18.8 Å². The van der Waals surface area contributed by atoms with Crippen LogP contribution in [-0.2, 0) is 19.1 Å². The van der Waals surface area contributed by atoms with Crippen molar-refractivity contribution in [3.63, 3.8) is 0 Å². The summed E-state index contributed by atoms with van der Waals surface area (Å²) in [4.78, 5) is 31.2. The van der Waals surface area contributed by atoms with Crippen molar-refractivity contribution in [2.24, 2.45) is 0 Å². The minimum atomic E-state index is -0.678. The topological polar surface area (TPSA) is 81.9 Å². The molecule has 8 heteroatoms. The number of anilines is 1. The van der Waals surface area contributed by atoms with E-state index in [2.05, 4.69) is 4.98 Å². The van der Waals surface area contributed by atoms with Crippen LogP contribution >= 0.6 is 11.6 Å². The number of hydrogen-bond donors (Lipinski definition) is 0. The molecule has 1 aliphatic heterocycles. The Kier molecular flexibility index (Phi) is 5.83. The second kappa shape index (κ2) is 8.72. The smallest absolute Gasteiger partial charge is 0.355 e. The molecule has 162 valence electrons. The maximum Gasteiger partial charge on any atom is 0.355 e. The molecule has 0 radical (unpaired) electrons. The third-order valence-electron chi connectivity index (χ3n) is 4.95. The molecule has 0 saturated carbocycles. The number of carbonyl (C=O) groups excluding carboxylic acids is 2. The number of benzene rings is 2. The van der Waals surface area contributed by atoms with E-state index in [4.69, 9.17) is 25.5 Å². The summed E-state index contributed by atoms with van der Waals surface area (Å²) in [5, 5.41) is 0.562. The van der Waals surface area contributed by atoms with Crippen LogP contribution in [0.15, 0.2) is 76.5 Å². The highest BCUT2D eigenvalue weighted by Gasteiger charge is 2.28. The van der Waals surface area contributed by atoms with Crippen molar-refractivity contribution in [1.82, 2.24) is 4.98 Å². The lowest BCUT2D eigenvalue weighted by molar-refractivity contribution is -0.139. The zero-order valence-corrected chi connectivity index (χ0v) is 18.3. The average molecular weight is 451 g/mol. The number of ether oxygens (including phenoxy) is 2. The summed E-state index contributed by atoms with van der Waals surface area (Å²) in [5.41, 5.74) is 3.53. The number of esters is 2. The van der Waals surface area contributed by atoms with Crippen molar-refractivity contribution in [2.75, 3.05) is 19.1 Å². The Labute approximate surface area is 189 Å². The number of halogens is 1. The van der Waals surface area contributed by atoms with Gasteiger partial charge in [-0.05, 0) is 55.0 Å². The number of carbonyl (C=O) groups is 2. The molecule has 0 atom stereocenters. The number of nitrogens with zero attached hydrogens (tertiary/aromatic N) is 2. The van der Waals surface area contributed by atoms with E-state index in [0.717, 1.165) is 5.56 Å². The Balaban J connectivity index is 1.87. The number of allylic oxidation sites excluding steroid dienone is 2. The minimum absolute atomic E-state index is 0.0361. The molecule has 0 amide bonds. The maximum absolute atomic E-state index is 12.7. The highest BCUT2D eigenvalue weighted by Crippen LogP contribution is 2.34. The Bertz CT molecular complexity index is 1320. The maximum atomic E-state index is 12.7. The van der Waals surface area contributed by atoms with Gasteiger partial charge in [0.1, 0.15) is 11.2 Å². The molecule has 2 heterocycles. The Morgan fingerprint density at radius 1 is 1.03 bits per heavy atom. The van der Waals surface area contributed by atoms with Gasteiger partial charge in [0.15, 0.2) is 5.58 Å². The van der Waals surface area contributed by atoms with E-state index >= 15 is 0 Å². The highest BCUT2D eigenvalue weighted by molar-refractivity contribution is 6.31. The van der Waals surface area contributed by atoms with Crippen molar-refractivity contribution in [1.29, 1.82) is 0 Å². The number of methoxy groups -OCH3 is 2.